The fourth-order valence-corrected chi connectivity index (χ4v) is 11.9. The number of benzene rings is 7. The van der Waals surface area contributed by atoms with E-state index in [9.17, 15) is 88.0 Å². The fraction of sp³-hybridized carbons (Fsp3) is 0.0222. The number of aromatic nitrogens is 6. The minimum atomic E-state index is -5.38. The monoisotopic (exact) mass is 1410 g/mol. The summed E-state index contributed by atoms with van der Waals surface area (Å²) < 4.78 is 208. The number of nitrogens with zero attached hydrogens (tertiary/aromatic N) is 11. The molecule has 2 heterocycles. The SMILES string of the molecule is CN(c1ccc(Nc2nc(Cl)[nH]c(=Nc3cc(S(=O)(=O)O)cc4cc(S(=O)(=O)O)c(N=Nc5ccccc5S(=O)(=O)O)c(O)c34)n2)cc1)c1nc(Cl)nc(=Nc2cc(S(=O)(=O)O)cc3cc(S(=O)(=O)O)c(N=Nc4ccccc4S(=O)(=O)O)c(O)c23)[nH]1.[K+].[Na+]. The number of fused-ring (bicyclic) bond motifs is 2. The average Bonchev–Trinajstić information content (AvgIpc) is 0.861. The molecule has 0 unspecified atom stereocenters. The third kappa shape index (κ3) is 16.1. The van der Waals surface area contributed by atoms with Crippen molar-refractivity contribution in [2.24, 2.45) is 30.4 Å². The van der Waals surface area contributed by atoms with Gasteiger partial charge in [-0.2, -0.15) is 70.4 Å². The van der Waals surface area contributed by atoms with Crippen LogP contribution in [0.5, 0.6) is 11.5 Å². The maximum atomic E-state index is 12.7. The molecular formula is C45H32Cl2KN14NaO20S6+2. The minimum Gasteiger partial charge on any atom is -0.505 e. The molecule has 89 heavy (non-hydrogen) atoms. The Morgan fingerprint density at radius 2 is 0.899 bits per heavy atom. The number of aromatic hydroxyl groups is 2. The minimum absolute atomic E-state index is 0. The van der Waals surface area contributed by atoms with Crippen LogP contribution in [0.1, 0.15) is 0 Å². The summed E-state index contributed by atoms with van der Waals surface area (Å²) in [6, 6.07) is 18.9. The first-order valence-corrected chi connectivity index (χ1v) is 32.4. The molecule has 0 fully saturated rings. The molecule has 7 aromatic carbocycles. The summed E-state index contributed by atoms with van der Waals surface area (Å²) in [6.45, 7) is 0. The van der Waals surface area contributed by atoms with Crippen molar-refractivity contribution in [1.82, 2.24) is 29.9 Å². The van der Waals surface area contributed by atoms with Crippen molar-refractivity contribution >= 4 is 163 Å². The Labute approximate surface area is 574 Å². The summed E-state index contributed by atoms with van der Waals surface area (Å²) >= 11 is 12.6. The van der Waals surface area contributed by atoms with E-state index in [0.29, 0.717) is 30.0 Å². The van der Waals surface area contributed by atoms with Gasteiger partial charge in [-0.25, -0.2) is 9.98 Å². The van der Waals surface area contributed by atoms with Gasteiger partial charge in [0.2, 0.25) is 33.7 Å². The van der Waals surface area contributed by atoms with E-state index in [1.54, 1.807) is 0 Å². The van der Waals surface area contributed by atoms with E-state index in [1.165, 1.54) is 60.5 Å². The smallest absolute Gasteiger partial charge is 0.505 e. The van der Waals surface area contributed by atoms with Crippen LogP contribution < -0.4 is 102 Å². The van der Waals surface area contributed by atoms with Gasteiger partial charge in [0.25, 0.3) is 60.7 Å². The zero-order valence-corrected chi connectivity index (χ0v) is 56.0. The molecule has 44 heteroatoms. The second-order valence-electron chi connectivity index (χ2n) is 17.4. The quantitative estimate of drug-likeness (QED) is 0.0368. The van der Waals surface area contributed by atoms with Crippen molar-refractivity contribution in [2.75, 3.05) is 17.3 Å². The summed E-state index contributed by atoms with van der Waals surface area (Å²) in [6.07, 6.45) is 0. The van der Waals surface area contributed by atoms with Crippen molar-refractivity contribution in [1.29, 1.82) is 0 Å². The molecule has 0 atom stereocenters. The molecule has 11 N–H and O–H groups in total. The summed E-state index contributed by atoms with van der Waals surface area (Å²) in [7, 11) is -29.5. The number of azo groups is 2. The van der Waals surface area contributed by atoms with Crippen molar-refractivity contribution in [3.05, 3.63) is 131 Å². The predicted octanol–water partition coefficient (Wildman–Crippen LogP) is 1.24. The van der Waals surface area contributed by atoms with Gasteiger partial charge in [-0.05, 0) is 119 Å². The zero-order valence-electron chi connectivity index (χ0n) is 44.5. The molecule has 9 aromatic rings. The largest absolute Gasteiger partial charge is 1.00 e. The van der Waals surface area contributed by atoms with Crippen LogP contribution in [0.25, 0.3) is 21.5 Å². The number of nitrogens with one attached hydrogen (secondary N) is 3. The van der Waals surface area contributed by atoms with Gasteiger partial charge in [-0.3, -0.25) is 37.3 Å². The number of H-pyrrole nitrogens is 2. The van der Waals surface area contributed by atoms with Gasteiger partial charge in [-0.15, -0.1) is 20.5 Å². The van der Waals surface area contributed by atoms with Crippen LogP contribution in [-0.4, -0.2) is 125 Å². The van der Waals surface area contributed by atoms with Gasteiger partial charge in [0, 0.05) is 18.4 Å². The molecule has 2 aromatic heterocycles. The summed E-state index contributed by atoms with van der Waals surface area (Å²) in [5, 5.41) is 37.8. The number of hydrogen-bond acceptors (Lipinski definition) is 26. The Hall–Kier alpha value is -6.24. The van der Waals surface area contributed by atoms with E-state index in [2.05, 4.69) is 65.7 Å². The molecule has 452 valence electrons. The van der Waals surface area contributed by atoms with E-state index in [1.807, 2.05) is 0 Å². The molecule has 0 amide bonds. The second-order valence-corrected chi connectivity index (χ2v) is 26.5. The molecule has 0 aliphatic heterocycles. The van der Waals surface area contributed by atoms with Crippen molar-refractivity contribution < 1.29 is 169 Å². The Bertz CT molecular complexity index is 5370. The van der Waals surface area contributed by atoms with Crippen LogP contribution in [0.4, 0.5) is 57.4 Å². The third-order valence-electron chi connectivity index (χ3n) is 11.7. The molecular weight excluding hydrogens is 1380 g/mol. The van der Waals surface area contributed by atoms with Gasteiger partial charge < -0.3 is 20.4 Å². The summed E-state index contributed by atoms with van der Waals surface area (Å²) in [4.78, 5) is 25.7. The van der Waals surface area contributed by atoms with Crippen LogP contribution in [0.3, 0.4) is 0 Å². The van der Waals surface area contributed by atoms with E-state index in [-0.39, 0.29) is 98.5 Å². The summed E-state index contributed by atoms with van der Waals surface area (Å²) in [5.74, 6) is -2.72. The fourth-order valence-electron chi connectivity index (χ4n) is 7.95. The van der Waals surface area contributed by atoms with E-state index < -0.39 is 179 Å². The summed E-state index contributed by atoms with van der Waals surface area (Å²) in [5.41, 5.74) is -4.75. The van der Waals surface area contributed by atoms with Crippen LogP contribution in [-0.2, 0) is 60.7 Å². The normalized spacial score (nSPS) is 13.0. The maximum Gasteiger partial charge on any atom is 1.00 e. The van der Waals surface area contributed by atoms with Gasteiger partial charge in [0.1, 0.15) is 42.3 Å². The van der Waals surface area contributed by atoms with Crippen LogP contribution in [0, 0.1) is 0 Å². The van der Waals surface area contributed by atoms with Crippen molar-refractivity contribution in [2.45, 2.75) is 29.4 Å². The van der Waals surface area contributed by atoms with Gasteiger partial charge in [0.15, 0.2) is 11.5 Å². The number of aromatic amines is 2. The molecule has 0 saturated carbocycles. The number of rotatable bonds is 16. The molecule has 0 bridgehead atoms. The van der Waals surface area contributed by atoms with Crippen molar-refractivity contribution in [3.8, 4) is 11.5 Å². The van der Waals surface area contributed by atoms with Gasteiger partial charge in [-0.1, -0.05) is 24.3 Å². The Morgan fingerprint density at radius 3 is 1.31 bits per heavy atom. The first-order chi connectivity index (χ1) is 40.4. The van der Waals surface area contributed by atoms with Gasteiger partial charge >= 0.3 is 80.9 Å². The van der Waals surface area contributed by atoms with Crippen LogP contribution in [0.15, 0.2) is 169 Å². The molecule has 0 spiro atoms. The molecule has 34 nitrogen and oxygen atoms in total. The first kappa shape index (κ1) is 70.2. The molecule has 0 aliphatic rings. The number of phenols is 2. The van der Waals surface area contributed by atoms with E-state index in [4.69, 9.17) is 23.2 Å². The van der Waals surface area contributed by atoms with E-state index in [0.717, 1.165) is 36.4 Å². The number of hydrogen-bond donors (Lipinski definition) is 11. The van der Waals surface area contributed by atoms with Crippen LogP contribution >= 0.6 is 23.2 Å². The Balaban J connectivity index is 0.00000564. The number of phenolic OH excluding ortho intramolecular Hbond substituents is 2. The molecule has 0 saturated heterocycles. The Morgan fingerprint density at radius 1 is 0.483 bits per heavy atom. The topological polar surface area (TPSA) is 539 Å². The average molecular weight is 1410 g/mol. The Kier molecular flexibility index (Phi) is 20.9. The zero-order chi connectivity index (χ0) is 63.5. The molecule has 9 rings (SSSR count). The maximum absolute atomic E-state index is 12.7. The first-order valence-electron chi connectivity index (χ1n) is 23.0. The standard InChI is InChI=1S/C45H32Cl2N14O20S6.K.Na/c1-61(45-54-41(47)53-44(56-45)50-29-19-25(83(67,68)69)15-21-17-33(87(79,80)81)37(39(63)35(21)29)60-58-27-7-3-5-9-31(27)85(73,74)75)23-12-10-22(11-13-23)48-42-51-40(46)52-43(55-42)49-28-18-24(82(64,65)66)14-20-16-32(86(76,77)78)36(38(62)34(20)28)59-57-26-6-2-4-8-30(26)84(70,71)72;;/h2-19,62-63H,1H3,(H,64,65,66)(H,67,68,69)(H,70,71,72)(H,73,74,75)(H,76,77,78)(H,79,80,81)(H,50,53,54,56)(H2,48,49,51,52,55);;/q;2*+1. The number of anilines is 4. The number of halogens is 2. The molecule has 0 radical (unpaired) electrons. The van der Waals surface area contributed by atoms with E-state index >= 15 is 0 Å². The third-order valence-corrected chi connectivity index (χ3v) is 17.2. The van der Waals surface area contributed by atoms with Gasteiger partial charge in [0.05, 0.1) is 31.9 Å². The van der Waals surface area contributed by atoms with Crippen molar-refractivity contribution in [3.63, 3.8) is 0 Å². The predicted molar refractivity (Wildman–Crippen MR) is 302 cm³/mol. The van der Waals surface area contributed by atoms with Crippen LogP contribution in [0.2, 0.25) is 10.6 Å². The molecule has 0 aliphatic carbocycles. The second kappa shape index (κ2) is 26.5.